The van der Waals surface area contributed by atoms with Gasteiger partial charge in [-0.2, -0.15) is 0 Å². The molecule has 0 spiro atoms. The van der Waals surface area contributed by atoms with E-state index in [0.717, 1.165) is 12.1 Å². The molecule has 0 atom stereocenters. The summed E-state index contributed by atoms with van der Waals surface area (Å²) in [5.41, 5.74) is 0.342. The van der Waals surface area contributed by atoms with Gasteiger partial charge >= 0.3 is 12.4 Å². The Kier molecular flexibility index (Phi) is 4.93. The number of amides is 2. The summed E-state index contributed by atoms with van der Waals surface area (Å²) >= 11 is 0. The molecule has 9 heteroatoms. The molecule has 0 aliphatic carbocycles. The Morgan fingerprint density at radius 3 is 2.32 bits per heavy atom. The summed E-state index contributed by atoms with van der Waals surface area (Å²) in [7, 11) is 0. The second-order valence-corrected chi connectivity index (χ2v) is 6.77. The quantitative estimate of drug-likeness (QED) is 0.708. The lowest BCUT2D eigenvalue weighted by atomic mass is 10.0. The summed E-state index contributed by atoms with van der Waals surface area (Å²) < 4.78 is 45.7. The van der Waals surface area contributed by atoms with E-state index in [1.54, 1.807) is 24.3 Å². The topological polar surface area (TPSA) is 59.1 Å². The smallest absolute Gasteiger partial charge is 0.429 e. The maximum absolute atomic E-state index is 13.0. The van der Waals surface area contributed by atoms with Crippen LogP contribution in [0.4, 0.5) is 29.3 Å². The van der Waals surface area contributed by atoms with E-state index in [-0.39, 0.29) is 11.8 Å². The van der Waals surface area contributed by atoms with Crippen LogP contribution < -0.4 is 19.3 Å². The SMILES string of the molecule is CC1(C)CN(c2cccc(OC=O)c2)C(=O)N1c1ccc(OC(F)(F)F)cc1. The average molecular weight is 394 g/mol. The zero-order valence-electron chi connectivity index (χ0n) is 15.1. The summed E-state index contributed by atoms with van der Waals surface area (Å²) in [6.45, 7) is 4.32. The molecule has 1 fully saturated rings. The predicted molar refractivity (Wildman–Crippen MR) is 95.6 cm³/mol. The second kappa shape index (κ2) is 7.06. The standard InChI is InChI=1S/C19H17F3N2O4/c1-18(2)11-23(14-4-3-5-16(10-14)27-12-25)17(26)24(18)13-6-8-15(9-7-13)28-19(20,21)22/h3-10,12H,11H2,1-2H3. The second-order valence-electron chi connectivity index (χ2n) is 6.77. The number of carbonyl (C=O) groups is 2. The number of urea groups is 1. The fourth-order valence-electron chi connectivity index (χ4n) is 3.14. The molecule has 2 aromatic carbocycles. The number of ether oxygens (including phenoxy) is 2. The number of rotatable bonds is 5. The van der Waals surface area contributed by atoms with Crippen molar-refractivity contribution in [1.82, 2.24) is 0 Å². The number of hydrogen-bond acceptors (Lipinski definition) is 4. The van der Waals surface area contributed by atoms with Crippen molar-refractivity contribution in [2.75, 3.05) is 16.3 Å². The third-order valence-corrected chi connectivity index (χ3v) is 4.21. The van der Waals surface area contributed by atoms with Gasteiger partial charge in [-0.25, -0.2) is 4.79 Å². The summed E-state index contributed by atoms with van der Waals surface area (Å²) in [5, 5.41) is 0. The van der Waals surface area contributed by atoms with E-state index in [2.05, 4.69) is 4.74 Å². The number of alkyl halides is 3. The zero-order chi connectivity index (χ0) is 20.5. The molecule has 2 amide bonds. The first kappa shape index (κ1) is 19.5. The normalized spacial score (nSPS) is 16.2. The van der Waals surface area contributed by atoms with E-state index >= 15 is 0 Å². The minimum atomic E-state index is -4.78. The highest BCUT2D eigenvalue weighted by Crippen LogP contribution is 2.36. The molecule has 28 heavy (non-hydrogen) atoms. The van der Waals surface area contributed by atoms with Gasteiger partial charge in [0.2, 0.25) is 0 Å². The Hall–Kier alpha value is -3.23. The van der Waals surface area contributed by atoms with E-state index in [4.69, 9.17) is 4.74 Å². The molecule has 1 heterocycles. The van der Waals surface area contributed by atoms with Gasteiger partial charge in [0.15, 0.2) is 0 Å². The molecule has 0 N–H and O–H groups in total. The summed E-state index contributed by atoms with van der Waals surface area (Å²) in [5.74, 6) is -0.0681. The minimum Gasteiger partial charge on any atom is -0.429 e. The average Bonchev–Trinajstić information content (AvgIpc) is 2.84. The highest BCUT2D eigenvalue weighted by molar-refractivity contribution is 6.07. The van der Waals surface area contributed by atoms with Gasteiger partial charge < -0.3 is 9.47 Å². The van der Waals surface area contributed by atoms with Crippen molar-refractivity contribution >= 4 is 23.9 Å². The molecule has 2 aromatic rings. The first-order valence-electron chi connectivity index (χ1n) is 8.29. The van der Waals surface area contributed by atoms with Gasteiger partial charge in [-0.15, -0.1) is 13.2 Å². The van der Waals surface area contributed by atoms with Crippen molar-refractivity contribution in [3.8, 4) is 11.5 Å². The number of benzene rings is 2. The molecule has 0 unspecified atom stereocenters. The fraction of sp³-hybridized carbons (Fsp3) is 0.263. The molecule has 1 aliphatic heterocycles. The molecular formula is C19H17F3N2O4. The highest BCUT2D eigenvalue weighted by Gasteiger charge is 2.44. The molecule has 0 radical (unpaired) electrons. The minimum absolute atomic E-state index is 0.296. The summed E-state index contributed by atoms with van der Waals surface area (Å²) in [4.78, 5) is 26.6. The molecule has 6 nitrogen and oxygen atoms in total. The number of anilines is 2. The van der Waals surface area contributed by atoms with Crippen LogP contribution in [0.3, 0.4) is 0 Å². The monoisotopic (exact) mass is 394 g/mol. The third-order valence-electron chi connectivity index (χ3n) is 4.21. The molecular weight excluding hydrogens is 377 g/mol. The van der Waals surface area contributed by atoms with Gasteiger partial charge in [-0.1, -0.05) is 6.07 Å². The number of hydrogen-bond donors (Lipinski definition) is 0. The van der Waals surface area contributed by atoms with Crippen LogP contribution in [0.1, 0.15) is 13.8 Å². The van der Waals surface area contributed by atoms with E-state index in [9.17, 15) is 22.8 Å². The van der Waals surface area contributed by atoms with Gasteiger partial charge in [-0.3, -0.25) is 14.6 Å². The fourth-order valence-corrected chi connectivity index (χ4v) is 3.14. The lowest BCUT2D eigenvalue weighted by Crippen LogP contribution is -2.42. The highest BCUT2D eigenvalue weighted by atomic mass is 19.4. The van der Waals surface area contributed by atoms with Crippen LogP contribution in [0.5, 0.6) is 11.5 Å². The van der Waals surface area contributed by atoms with E-state index in [1.807, 2.05) is 13.8 Å². The number of halogens is 3. The van der Waals surface area contributed by atoms with Crippen LogP contribution >= 0.6 is 0 Å². The van der Waals surface area contributed by atoms with Gasteiger partial charge in [0, 0.05) is 17.4 Å². The molecule has 1 saturated heterocycles. The van der Waals surface area contributed by atoms with Crippen LogP contribution in [0.15, 0.2) is 48.5 Å². The summed E-state index contributed by atoms with van der Waals surface area (Å²) in [6, 6.07) is 11.3. The largest absolute Gasteiger partial charge is 0.573 e. The summed E-state index contributed by atoms with van der Waals surface area (Å²) in [6.07, 6.45) is -4.78. The first-order valence-corrected chi connectivity index (χ1v) is 8.29. The molecule has 3 rings (SSSR count). The zero-order valence-corrected chi connectivity index (χ0v) is 15.1. The Morgan fingerprint density at radius 2 is 1.71 bits per heavy atom. The van der Waals surface area contributed by atoms with Crippen molar-refractivity contribution in [3.05, 3.63) is 48.5 Å². The number of nitrogens with zero attached hydrogens (tertiary/aromatic N) is 2. The number of carbonyl (C=O) groups excluding carboxylic acids is 2. The van der Waals surface area contributed by atoms with Crippen molar-refractivity contribution in [2.45, 2.75) is 25.7 Å². The maximum atomic E-state index is 13.0. The van der Waals surface area contributed by atoms with Crippen LogP contribution in [-0.2, 0) is 4.79 Å². The molecule has 0 bridgehead atoms. The Morgan fingerprint density at radius 1 is 1.04 bits per heavy atom. The van der Waals surface area contributed by atoms with Crippen LogP contribution in [0.25, 0.3) is 0 Å². The molecule has 148 valence electrons. The lowest BCUT2D eigenvalue weighted by Gasteiger charge is -2.29. The van der Waals surface area contributed by atoms with E-state index in [0.29, 0.717) is 30.1 Å². The molecule has 0 aromatic heterocycles. The Labute approximate surface area is 159 Å². The lowest BCUT2D eigenvalue weighted by molar-refractivity contribution is -0.274. The van der Waals surface area contributed by atoms with Crippen LogP contribution in [0.2, 0.25) is 0 Å². The van der Waals surface area contributed by atoms with Gasteiger partial charge in [-0.05, 0) is 50.2 Å². The van der Waals surface area contributed by atoms with Crippen molar-refractivity contribution < 1.29 is 32.2 Å². The van der Waals surface area contributed by atoms with Crippen LogP contribution in [0, 0.1) is 0 Å². The Balaban J connectivity index is 1.87. The first-order chi connectivity index (χ1) is 13.1. The van der Waals surface area contributed by atoms with Gasteiger partial charge in [0.1, 0.15) is 11.5 Å². The molecule has 1 aliphatic rings. The molecule has 0 saturated carbocycles. The predicted octanol–water partition coefficient (Wildman–Crippen LogP) is 4.35. The van der Waals surface area contributed by atoms with Crippen molar-refractivity contribution in [1.29, 1.82) is 0 Å². The maximum Gasteiger partial charge on any atom is 0.573 e. The van der Waals surface area contributed by atoms with E-state index in [1.165, 1.54) is 21.9 Å². The van der Waals surface area contributed by atoms with Gasteiger partial charge in [0.05, 0.1) is 12.1 Å². The van der Waals surface area contributed by atoms with Crippen molar-refractivity contribution in [2.24, 2.45) is 0 Å². The van der Waals surface area contributed by atoms with Crippen molar-refractivity contribution in [3.63, 3.8) is 0 Å². The van der Waals surface area contributed by atoms with E-state index < -0.39 is 11.9 Å². The van der Waals surface area contributed by atoms with Crippen LogP contribution in [-0.4, -0.2) is 30.9 Å². The third kappa shape index (κ3) is 4.03. The Bertz CT molecular complexity index is 881. The van der Waals surface area contributed by atoms with Gasteiger partial charge in [0.25, 0.3) is 6.47 Å².